The average molecular weight is 314 g/mol. The first-order valence-corrected chi connectivity index (χ1v) is 6.95. The summed E-state index contributed by atoms with van der Waals surface area (Å²) in [5, 5.41) is 0. The fourth-order valence-electron chi connectivity index (χ4n) is 2.16. The number of ketones is 1. The van der Waals surface area contributed by atoms with Crippen molar-refractivity contribution in [2.24, 2.45) is 0 Å². The summed E-state index contributed by atoms with van der Waals surface area (Å²) in [7, 11) is 1.29. The number of rotatable bonds is 4. The summed E-state index contributed by atoms with van der Waals surface area (Å²) in [6, 6.07) is 8.21. The number of hydrogen-bond acceptors (Lipinski definition) is 6. The van der Waals surface area contributed by atoms with Crippen molar-refractivity contribution < 1.29 is 28.2 Å². The van der Waals surface area contributed by atoms with Gasteiger partial charge in [0.25, 0.3) is 0 Å². The van der Waals surface area contributed by atoms with E-state index in [2.05, 4.69) is 4.74 Å². The van der Waals surface area contributed by atoms with Crippen LogP contribution in [0.5, 0.6) is 11.5 Å². The fourth-order valence-corrected chi connectivity index (χ4v) is 2.16. The van der Waals surface area contributed by atoms with E-state index in [9.17, 15) is 9.59 Å². The van der Waals surface area contributed by atoms with E-state index in [1.165, 1.54) is 19.4 Å². The van der Waals surface area contributed by atoms with Crippen LogP contribution in [0, 0.1) is 0 Å². The van der Waals surface area contributed by atoms with Crippen molar-refractivity contribution in [2.75, 3.05) is 7.11 Å². The van der Waals surface area contributed by atoms with Gasteiger partial charge in [-0.25, -0.2) is 4.79 Å². The lowest BCUT2D eigenvalue weighted by molar-refractivity contribution is -0.147. The van der Waals surface area contributed by atoms with Crippen LogP contribution in [0.15, 0.2) is 46.8 Å². The van der Waals surface area contributed by atoms with E-state index in [0.717, 1.165) is 0 Å². The highest BCUT2D eigenvalue weighted by atomic mass is 16.6. The van der Waals surface area contributed by atoms with E-state index in [0.29, 0.717) is 22.8 Å². The first kappa shape index (κ1) is 14.9. The van der Waals surface area contributed by atoms with E-state index in [4.69, 9.17) is 13.9 Å². The maximum absolute atomic E-state index is 12.3. The summed E-state index contributed by atoms with van der Waals surface area (Å²) in [4.78, 5) is 23.6. The van der Waals surface area contributed by atoms with Gasteiger partial charge in [-0.3, -0.25) is 4.79 Å². The maximum atomic E-state index is 12.3. The van der Waals surface area contributed by atoms with Crippen LogP contribution in [0.2, 0.25) is 0 Å². The average Bonchev–Trinajstić information content (AvgIpc) is 3.15. The summed E-state index contributed by atoms with van der Waals surface area (Å²) in [5.41, 5.74) is 0.431. The smallest absolute Gasteiger partial charge is 0.346 e. The van der Waals surface area contributed by atoms with Gasteiger partial charge in [0.2, 0.25) is 5.78 Å². The molecule has 0 saturated heterocycles. The predicted octanol–water partition coefficient (Wildman–Crippen LogP) is 2.84. The number of furan rings is 1. The van der Waals surface area contributed by atoms with Crippen molar-refractivity contribution >= 4 is 17.8 Å². The van der Waals surface area contributed by atoms with Crippen molar-refractivity contribution in [2.45, 2.75) is 13.0 Å². The standard InChI is InChI=1S/C17H14O6/c1-10(17(19)20-2)22-12-5-6-13-14(9-12)23-15(16(13)18)8-11-4-3-7-21-11/h3-10H,1-2H3/b15-8-/t10-/m0/s1. The highest BCUT2D eigenvalue weighted by Gasteiger charge is 2.28. The molecule has 118 valence electrons. The number of fused-ring (bicyclic) bond motifs is 1. The van der Waals surface area contributed by atoms with Gasteiger partial charge in [-0.15, -0.1) is 0 Å². The molecular weight excluding hydrogens is 300 g/mol. The number of hydrogen-bond donors (Lipinski definition) is 0. The Kier molecular flexibility index (Phi) is 3.89. The summed E-state index contributed by atoms with van der Waals surface area (Å²) in [6.45, 7) is 1.58. The summed E-state index contributed by atoms with van der Waals surface area (Å²) in [6.07, 6.45) is 2.28. The molecule has 0 aliphatic carbocycles. The van der Waals surface area contributed by atoms with Crippen molar-refractivity contribution in [1.82, 2.24) is 0 Å². The Morgan fingerprint density at radius 2 is 2.13 bits per heavy atom. The minimum atomic E-state index is -0.756. The molecule has 0 N–H and O–H groups in total. The van der Waals surface area contributed by atoms with Crippen LogP contribution in [-0.2, 0) is 9.53 Å². The minimum Gasteiger partial charge on any atom is -0.479 e. The number of benzene rings is 1. The summed E-state index contributed by atoms with van der Waals surface area (Å²) in [5.74, 6) is 0.769. The molecule has 6 nitrogen and oxygen atoms in total. The van der Waals surface area contributed by atoms with E-state index < -0.39 is 12.1 Å². The molecule has 1 aromatic heterocycles. The number of esters is 1. The molecule has 1 aliphatic rings. The zero-order valence-electron chi connectivity index (χ0n) is 12.6. The van der Waals surface area contributed by atoms with Crippen LogP contribution in [0.3, 0.4) is 0 Å². The molecule has 2 aromatic rings. The normalized spacial score (nSPS) is 15.9. The number of carbonyl (C=O) groups is 2. The first-order valence-electron chi connectivity index (χ1n) is 6.95. The molecular formula is C17H14O6. The lowest BCUT2D eigenvalue weighted by atomic mass is 10.1. The highest BCUT2D eigenvalue weighted by Crippen LogP contribution is 2.35. The van der Waals surface area contributed by atoms with Gasteiger partial charge in [0.15, 0.2) is 11.9 Å². The molecule has 1 aliphatic heterocycles. The Labute approximate surface area is 132 Å². The number of methoxy groups -OCH3 is 1. The first-order chi connectivity index (χ1) is 11.1. The molecule has 0 amide bonds. The van der Waals surface area contributed by atoms with Gasteiger partial charge in [-0.2, -0.15) is 0 Å². The van der Waals surface area contributed by atoms with Crippen LogP contribution >= 0.6 is 0 Å². The van der Waals surface area contributed by atoms with Crippen LogP contribution < -0.4 is 9.47 Å². The van der Waals surface area contributed by atoms with Crippen LogP contribution in [-0.4, -0.2) is 25.0 Å². The molecule has 6 heteroatoms. The van der Waals surface area contributed by atoms with Crippen molar-refractivity contribution in [3.63, 3.8) is 0 Å². The Bertz CT molecular complexity index is 772. The molecule has 0 spiro atoms. The lowest BCUT2D eigenvalue weighted by Gasteiger charge is -2.12. The van der Waals surface area contributed by atoms with Gasteiger partial charge >= 0.3 is 5.97 Å². The number of carbonyl (C=O) groups excluding carboxylic acids is 2. The quantitative estimate of drug-likeness (QED) is 0.638. The van der Waals surface area contributed by atoms with E-state index in [-0.39, 0.29) is 11.5 Å². The molecule has 0 fully saturated rings. The van der Waals surface area contributed by atoms with Crippen LogP contribution in [0.4, 0.5) is 0 Å². The van der Waals surface area contributed by atoms with E-state index in [1.807, 2.05) is 0 Å². The van der Waals surface area contributed by atoms with Gasteiger partial charge in [0, 0.05) is 12.1 Å². The molecule has 23 heavy (non-hydrogen) atoms. The predicted molar refractivity (Wildman–Crippen MR) is 80.2 cm³/mol. The third-order valence-electron chi connectivity index (χ3n) is 3.30. The topological polar surface area (TPSA) is 75.0 Å². The molecule has 0 bridgehead atoms. The largest absolute Gasteiger partial charge is 0.479 e. The second-order valence-corrected chi connectivity index (χ2v) is 4.90. The Morgan fingerprint density at radius 1 is 1.30 bits per heavy atom. The van der Waals surface area contributed by atoms with Gasteiger partial charge in [0.1, 0.15) is 17.3 Å². The molecule has 2 heterocycles. The Hall–Kier alpha value is -3.02. The summed E-state index contributed by atoms with van der Waals surface area (Å²) >= 11 is 0. The summed E-state index contributed by atoms with van der Waals surface area (Å²) < 4.78 is 20.8. The fraction of sp³-hybridized carbons (Fsp3) is 0.176. The lowest BCUT2D eigenvalue weighted by Crippen LogP contribution is -2.24. The van der Waals surface area contributed by atoms with E-state index >= 15 is 0 Å². The molecule has 3 rings (SSSR count). The van der Waals surface area contributed by atoms with Gasteiger partial charge < -0.3 is 18.6 Å². The van der Waals surface area contributed by atoms with Gasteiger partial charge in [0.05, 0.1) is 18.9 Å². The van der Waals surface area contributed by atoms with Gasteiger partial charge in [-0.1, -0.05) is 0 Å². The minimum absolute atomic E-state index is 0.174. The molecule has 1 aromatic carbocycles. The molecule has 1 atom stereocenters. The number of allylic oxidation sites excluding steroid dienone is 1. The van der Waals surface area contributed by atoms with Crippen LogP contribution in [0.25, 0.3) is 6.08 Å². The third kappa shape index (κ3) is 2.96. The maximum Gasteiger partial charge on any atom is 0.346 e. The zero-order valence-corrected chi connectivity index (χ0v) is 12.6. The number of ether oxygens (including phenoxy) is 3. The van der Waals surface area contributed by atoms with Crippen molar-refractivity contribution in [3.05, 3.63) is 53.7 Å². The van der Waals surface area contributed by atoms with Gasteiger partial charge in [-0.05, 0) is 31.2 Å². The molecule has 0 saturated carbocycles. The SMILES string of the molecule is COC(=O)[C@H](C)Oc1ccc2c(c1)O/C(=C\c1ccco1)C2=O. The molecule has 0 radical (unpaired) electrons. The Morgan fingerprint density at radius 3 is 2.83 bits per heavy atom. The van der Waals surface area contributed by atoms with E-state index in [1.54, 1.807) is 37.3 Å². The second-order valence-electron chi connectivity index (χ2n) is 4.90. The number of Topliss-reactive ketones (excluding diaryl/α,β-unsaturated/α-hetero) is 1. The van der Waals surface area contributed by atoms with Crippen molar-refractivity contribution in [1.29, 1.82) is 0 Å². The molecule has 0 unspecified atom stereocenters. The zero-order chi connectivity index (χ0) is 16.4. The second kappa shape index (κ2) is 6.00. The third-order valence-corrected chi connectivity index (χ3v) is 3.30. The monoisotopic (exact) mass is 314 g/mol. The van der Waals surface area contributed by atoms with Crippen LogP contribution in [0.1, 0.15) is 23.0 Å². The van der Waals surface area contributed by atoms with Crippen molar-refractivity contribution in [3.8, 4) is 11.5 Å². The Balaban J connectivity index is 1.81. The highest BCUT2D eigenvalue weighted by molar-refractivity contribution is 6.14.